The van der Waals surface area contributed by atoms with Gasteiger partial charge in [0, 0.05) is 43.9 Å². The van der Waals surface area contributed by atoms with Crippen LogP contribution in [0.15, 0.2) is 84.9 Å². The molecule has 6 heteroatoms. The fraction of sp³-hybridized carbons (Fsp3) is 0.241. The maximum absolute atomic E-state index is 12.7. The minimum Gasteiger partial charge on any atom is -0.497 e. The van der Waals surface area contributed by atoms with E-state index in [1.807, 2.05) is 89.8 Å². The van der Waals surface area contributed by atoms with Gasteiger partial charge in [-0.15, -0.1) is 0 Å². The molecule has 0 aromatic heterocycles. The number of hydrogen-bond donors (Lipinski definition) is 0. The highest BCUT2D eigenvalue weighted by atomic mass is 16.5. The van der Waals surface area contributed by atoms with Gasteiger partial charge >= 0.3 is 0 Å². The van der Waals surface area contributed by atoms with Crippen molar-refractivity contribution in [3.63, 3.8) is 0 Å². The van der Waals surface area contributed by atoms with Crippen LogP contribution in [-0.4, -0.2) is 67.9 Å². The standard InChI is InChI=1S/C29H30N2O4/c1-34-26-14-10-25(11-15-26)29(33)31-19-17-30(18-20-31)21-22-35-27-12-7-23(8-13-27)9-16-28(32)24-5-3-2-4-6-24/h2-16H,17-22H2,1H3/b16-9-. The van der Waals surface area contributed by atoms with Crippen LogP contribution in [0, 0.1) is 0 Å². The molecule has 0 radical (unpaired) electrons. The van der Waals surface area contributed by atoms with Crippen molar-refractivity contribution in [2.75, 3.05) is 46.4 Å². The van der Waals surface area contributed by atoms with Crippen molar-refractivity contribution < 1.29 is 19.1 Å². The fourth-order valence-electron chi connectivity index (χ4n) is 3.93. The summed E-state index contributed by atoms with van der Waals surface area (Å²) >= 11 is 0. The van der Waals surface area contributed by atoms with Gasteiger partial charge < -0.3 is 14.4 Å². The van der Waals surface area contributed by atoms with Crippen LogP contribution in [0.4, 0.5) is 0 Å². The zero-order chi connectivity index (χ0) is 24.5. The van der Waals surface area contributed by atoms with Crippen LogP contribution in [-0.2, 0) is 0 Å². The van der Waals surface area contributed by atoms with E-state index in [9.17, 15) is 9.59 Å². The third-order valence-corrected chi connectivity index (χ3v) is 6.04. The Hall–Kier alpha value is -3.90. The maximum Gasteiger partial charge on any atom is 0.253 e. The summed E-state index contributed by atoms with van der Waals surface area (Å²) in [6, 6.07) is 24.2. The van der Waals surface area contributed by atoms with Crippen LogP contribution in [0.1, 0.15) is 26.3 Å². The second-order valence-electron chi connectivity index (χ2n) is 8.34. The van der Waals surface area contributed by atoms with Gasteiger partial charge in [-0.2, -0.15) is 0 Å². The predicted molar refractivity (Wildman–Crippen MR) is 137 cm³/mol. The Kier molecular flexibility index (Phi) is 8.30. The number of amides is 1. The Labute approximate surface area is 206 Å². The number of benzene rings is 3. The van der Waals surface area contributed by atoms with Gasteiger partial charge in [-0.05, 0) is 48.0 Å². The highest BCUT2D eigenvalue weighted by Crippen LogP contribution is 2.16. The second-order valence-corrected chi connectivity index (χ2v) is 8.34. The lowest BCUT2D eigenvalue weighted by atomic mass is 10.1. The molecule has 1 aliphatic rings. The molecule has 1 heterocycles. The first-order chi connectivity index (χ1) is 17.1. The van der Waals surface area contributed by atoms with Crippen molar-refractivity contribution in [3.8, 4) is 11.5 Å². The molecule has 3 aromatic carbocycles. The fourth-order valence-corrected chi connectivity index (χ4v) is 3.93. The van der Waals surface area contributed by atoms with E-state index in [0.717, 1.165) is 36.7 Å². The number of nitrogens with zero attached hydrogens (tertiary/aromatic N) is 2. The van der Waals surface area contributed by atoms with E-state index in [0.29, 0.717) is 30.8 Å². The molecule has 0 N–H and O–H groups in total. The first kappa shape index (κ1) is 24.2. The van der Waals surface area contributed by atoms with Crippen molar-refractivity contribution in [2.24, 2.45) is 0 Å². The van der Waals surface area contributed by atoms with Crippen LogP contribution < -0.4 is 9.47 Å². The molecule has 0 spiro atoms. The summed E-state index contributed by atoms with van der Waals surface area (Å²) in [5.41, 5.74) is 2.30. The summed E-state index contributed by atoms with van der Waals surface area (Å²) in [4.78, 5) is 29.1. The summed E-state index contributed by atoms with van der Waals surface area (Å²) in [5, 5.41) is 0. The number of allylic oxidation sites excluding steroid dienone is 1. The number of piperazine rings is 1. The summed E-state index contributed by atoms with van der Waals surface area (Å²) in [6.45, 7) is 4.43. The van der Waals surface area contributed by atoms with Gasteiger partial charge in [-0.25, -0.2) is 0 Å². The first-order valence-electron chi connectivity index (χ1n) is 11.8. The summed E-state index contributed by atoms with van der Waals surface area (Å²) in [5.74, 6) is 1.58. The van der Waals surface area contributed by atoms with Gasteiger partial charge in [0.2, 0.25) is 0 Å². The number of ketones is 1. The zero-order valence-electron chi connectivity index (χ0n) is 19.9. The van der Waals surface area contributed by atoms with E-state index in [1.165, 1.54) is 0 Å². The molecule has 0 aliphatic carbocycles. The second kappa shape index (κ2) is 12.0. The Bertz CT molecular complexity index is 1130. The van der Waals surface area contributed by atoms with Gasteiger partial charge in [0.25, 0.3) is 5.91 Å². The average molecular weight is 471 g/mol. The number of hydrogen-bond acceptors (Lipinski definition) is 5. The van der Waals surface area contributed by atoms with Gasteiger partial charge in [-0.3, -0.25) is 14.5 Å². The minimum absolute atomic E-state index is 0.0169. The molecule has 180 valence electrons. The molecule has 1 amide bonds. The quantitative estimate of drug-likeness (QED) is 0.342. The third kappa shape index (κ3) is 6.80. The van der Waals surface area contributed by atoms with Crippen molar-refractivity contribution in [1.82, 2.24) is 9.80 Å². The third-order valence-electron chi connectivity index (χ3n) is 6.04. The number of carbonyl (C=O) groups is 2. The topological polar surface area (TPSA) is 59.1 Å². The molecule has 1 fully saturated rings. The lowest BCUT2D eigenvalue weighted by Crippen LogP contribution is -2.49. The largest absolute Gasteiger partial charge is 0.497 e. The highest BCUT2D eigenvalue weighted by molar-refractivity contribution is 6.06. The minimum atomic E-state index is -0.0169. The van der Waals surface area contributed by atoms with Crippen LogP contribution in [0.5, 0.6) is 11.5 Å². The monoisotopic (exact) mass is 470 g/mol. The summed E-state index contributed by atoms with van der Waals surface area (Å²) in [7, 11) is 1.61. The number of rotatable bonds is 9. The summed E-state index contributed by atoms with van der Waals surface area (Å²) < 4.78 is 11.1. The molecule has 0 atom stereocenters. The smallest absolute Gasteiger partial charge is 0.253 e. The Morgan fingerprint density at radius 2 is 1.46 bits per heavy atom. The molecule has 0 bridgehead atoms. The van der Waals surface area contributed by atoms with Crippen LogP contribution in [0.2, 0.25) is 0 Å². The van der Waals surface area contributed by atoms with Crippen molar-refractivity contribution in [3.05, 3.63) is 102 Å². The SMILES string of the molecule is COc1ccc(C(=O)N2CCN(CCOc3ccc(/C=C\C(=O)c4ccccc4)cc3)CC2)cc1. The Morgan fingerprint density at radius 1 is 0.800 bits per heavy atom. The zero-order valence-corrected chi connectivity index (χ0v) is 19.9. The van der Waals surface area contributed by atoms with Gasteiger partial charge in [0.15, 0.2) is 5.78 Å². The predicted octanol–water partition coefficient (Wildman–Crippen LogP) is 4.43. The molecule has 1 saturated heterocycles. The molecule has 0 unspecified atom stereocenters. The number of methoxy groups -OCH3 is 1. The Balaban J connectivity index is 1.17. The lowest BCUT2D eigenvalue weighted by Gasteiger charge is -2.34. The average Bonchev–Trinajstić information content (AvgIpc) is 2.93. The number of carbonyl (C=O) groups excluding carboxylic acids is 2. The van der Waals surface area contributed by atoms with Crippen LogP contribution >= 0.6 is 0 Å². The molecule has 0 saturated carbocycles. The van der Waals surface area contributed by atoms with E-state index in [1.54, 1.807) is 13.2 Å². The van der Waals surface area contributed by atoms with Crippen LogP contribution in [0.25, 0.3) is 6.08 Å². The first-order valence-corrected chi connectivity index (χ1v) is 11.8. The van der Waals surface area contributed by atoms with Gasteiger partial charge in [0.05, 0.1) is 7.11 Å². The molecule has 4 rings (SSSR count). The molecular weight excluding hydrogens is 440 g/mol. The van der Waals surface area contributed by atoms with Crippen LogP contribution in [0.3, 0.4) is 0 Å². The van der Waals surface area contributed by atoms with E-state index in [-0.39, 0.29) is 11.7 Å². The normalized spacial score (nSPS) is 14.1. The number of ether oxygens (including phenoxy) is 2. The van der Waals surface area contributed by atoms with Crippen molar-refractivity contribution >= 4 is 17.8 Å². The van der Waals surface area contributed by atoms with Crippen molar-refractivity contribution in [1.29, 1.82) is 0 Å². The maximum atomic E-state index is 12.7. The Morgan fingerprint density at radius 3 is 2.11 bits per heavy atom. The molecule has 35 heavy (non-hydrogen) atoms. The van der Waals surface area contributed by atoms with Gasteiger partial charge in [-0.1, -0.05) is 48.5 Å². The molecule has 1 aliphatic heterocycles. The van der Waals surface area contributed by atoms with Crippen molar-refractivity contribution in [2.45, 2.75) is 0 Å². The highest BCUT2D eigenvalue weighted by Gasteiger charge is 2.22. The summed E-state index contributed by atoms with van der Waals surface area (Å²) in [6.07, 6.45) is 3.40. The van der Waals surface area contributed by atoms with E-state index >= 15 is 0 Å². The molecule has 6 nitrogen and oxygen atoms in total. The molecular formula is C29H30N2O4. The lowest BCUT2D eigenvalue weighted by molar-refractivity contribution is 0.0620. The molecule has 3 aromatic rings. The van der Waals surface area contributed by atoms with E-state index < -0.39 is 0 Å². The van der Waals surface area contributed by atoms with E-state index in [4.69, 9.17) is 9.47 Å². The van der Waals surface area contributed by atoms with Gasteiger partial charge in [0.1, 0.15) is 18.1 Å². The van der Waals surface area contributed by atoms with E-state index in [2.05, 4.69) is 4.90 Å².